The molecule has 0 saturated carbocycles. The fourth-order valence-corrected chi connectivity index (χ4v) is 5.92. The smallest absolute Gasteiger partial charge is 0.306 e. The Balaban J connectivity index is 2.40. The Bertz CT molecular complexity index is 949. The van der Waals surface area contributed by atoms with Gasteiger partial charge in [-0.1, -0.05) is 115 Å². The molecule has 4 N–H and O–H groups in total. The number of allylic oxidation sites excluding steroid dienone is 6. The van der Waals surface area contributed by atoms with Crippen LogP contribution in [-0.2, 0) is 28.5 Å². The minimum absolute atomic E-state index is 0.213. The lowest BCUT2D eigenvalue weighted by atomic mass is 9.99. The molecule has 302 valence electrons. The molecule has 1 rings (SSSR count). The first-order valence-electron chi connectivity index (χ1n) is 20.6. The van der Waals surface area contributed by atoms with E-state index in [0.717, 1.165) is 64.2 Å². The molecule has 0 aromatic rings. The van der Waals surface area contributed by atoms with Gasteiger partial charge in [0.2, 0.25) is 0 Å². The fraction of sp³-hybridized carbons (Fsp3) is 0.810. The first-order valence-corrected chi connectivity index (χ1v) is 20.6. The lowest BCUT2D eigenvalue weighted by Gasteiger charge is -2.39. The maximum atomic E-state index is 12.7. The van der Waals surface area contributed by atoms with E-state index >= 15 is 0 Å². The second-order valence-corrected chi connectivity index (χ2v) is 14.1. The number of aliphatic hydroxyl groups is 4. The predicted octanol–water partition coefficient (Wildman–Crippen LogP) is 7.94. The molecule has 2 unspecified atom stereocenters. The van der Waals surface area contributed by atoms with Gasteiger partial charge in [0.25, 0.3) is 0 Å². The molecule has 0 spiro atoms. The number of hydrogen-bond acceptors (Lipinski definition) is 10. The normalized spacial score (nSPS) is 21.4. The average Bonchev–Trinajstić information content (AvgIpc) is 3.14. The second kappa shape index (κ2) is 33.5. The Kier molecular flexibility index (Phi) is 30.9. The summed E-state index contributed by atoms with van der Waals surface area (Å²) in [5.41, 5.74) is 0. The zero-order valence-electron chi connectivity index (χ0n) is 32.6. The van der Waals surface area contributed by atoms with Gasteiger partial charge in [-0.25, -0.2) is 0 Å². The Hall–Kier alpha value is -2.08. The molecule has 1 fully saturated rings. The molecule has 0 bridgehead atoms. The van der Waals surface area contributed by atoms with Crippen molar-refractivity contribution in [2.75, 3.05) is 19.8 Å². The van der Waals surface area contributed by atoms with Crippen LogP contribution < -0.4 is 0 Å². The number of carbonyl (C=O) groups is 2. The molecule has 0 radical (unpaired) electrons. The van der Waals surface area contributed by atoms with Crippen LogP contribution >= 0.6 is 0 Å². The highest BCUT2D eigenvalue weighted by Crippen LogP contribution is 2.22. The van der Waals surface area contributed by atoms with Crippen LogP contribution in [0.2, 0.25) is 0 Å². The highest BCUT2D eigenvalue weighted by Gasteiger charge is 2.44. The molecule has 1 aliphatic rings. The molecule has 52 heavy (non-hydrogen) atoms. The zero-order valence-corrected chi connectivity index (χ0v) is 32.6. The van der Waals surface area contributed by atoms with E-state index in [1.807, 2.05) is 0 Å². The molecule has 6 atom stereocenters. The topological polar surface area (TPSA) is 152 Å². The molecule has 1 saturated heterocycles. The van der Waals surface area contributed by atoms with Crippen molar-refractivity contribution < 1.29 is 49.0 Å². The minimum atomic E-state index is -1.60. The van der Waals surface area contributed by atoms with E-state index in [0.29, 0.717) is 12.8 Å². The van der Waals surface area contributed by atoms with E-state index in [1.54, 1.807) is 0 Å². The maximum Gasteiger partial charge on any atom is 0.306 e. The third-order valence-electron chi connectivity index (χ3n) is 9.25. The Morgan fingerprint density at radius 2 is 1.08 bits per heavy atom. The first-order chi connectivity index (χ1) is 25.3. The Labute approximate surface area is 315 Å². The molecule has 1 aliphatic heterocycles. The zero-order chi connectivity index (χ0) is 38.1. The summed E-state index contributed by atoms with van der Waals surface area (Å²) < 4.78 is 22.0. The number of rotatable bonds is 33. The van der Waals surface area contributed by atoms with Gasteiger partial charge in [-0.15, -0.1) is 0 Å². The molecule has 0 amide bonds. The lowest BCUT2D eigenvalue weighted by molar-refractivity contribution is -0.305. The van der Waals surface area contributed by atoms with Crippen LogP contribution in [0.4, 0.5) is 0 Å². The van der Waals surface area contributed by atoms with E-state index in [9.17, 15) is 30.0 Å². The van der Waals surface area contributed by atoms with Gasteiger partial charge in [-0.3, -0.25) is 9.59 Å². The van der Waals surface area contributed by atoms with Crippen molar-refractivity contribution >= 4 is 11.9 Å². The van der Waals surface area contributed by atoms with Gasteiger partial charge in [-0.05, 0) is 70.6 Å². The van der Waals surface area contributed by atoms with Crippen molar-refractivity contribution in [3.05, 3.63) is 36.5 Å². The number of esters is 2. The predicted molar refractivity (Wildman–Crippen MR) is 206 cm³/mol. The molecule has 10 nitrogen and oxygen atoms in total. The first kappa shape index (κ1) is 47.9. The van der Waals surface area contributed by atoms with E-state index in [2.05, 4.69) is 50.3 Å². The van der Waals surface area contributed by atoms with Gasteiger partial charge in [0.1, 0.15) is 31.0 Å². The van der Waals surface area contributed by atoms with E-state index in [4.69, 9.17) is 18.9 Å². The van der Waals surface area contributed by atoms with E-state index in [-0.39, 0.29) is 26.1 Å². The van der Waals surface area contributed by atoms with Gasteiger partial charge in [0.05, 0.1) is 13.2 Å². The summed E-state index contributed by atoms with van der Waals surface area (Å²) in [6.07, 6.45) is 28.7. The van der Waals surface area contributed by atoms with Crippen LogP contribution in [-0.4, -0.2) is 89.0 Å². The van der Waals surface area contributed by atoms with Gasteiger partial charge >= 0.3 is 11.9 Å². The van der Waals surface area contributed by atoms with Gasteiger partial charge in [0, 0.05) is 12.8 Å². The molecule has 0 aromatic heterocycles. The summed E-state index contributed by atoms with van der Waals surface area (Å²) in [4.78, 5) is 25.2. The van der Waals surface area contributed by atoms with Crippen LogP contribution in [0.5, 0.6) is 0 Å². The van der Waals surface area contributed by atoms with Gasteiger partial charge < -0.3 is 39.4 Å². The van der Waals surface area contributed by atoms with Crippen LogP contribution in [0, 0.1) is 0 Å². The van der Waals surface area contributed by atoms with Crippen LogP contribution in [0.15, 0.2) is 36.5 Å². The van der Waals surface area contributed by atoms with Crippen molar-refractivity contribution in [2.24, 2.45) is 0 Å². The van der Waals surface area contributed by atoms with Crippen molar-refractivity contribution in [3.63, 3.8) is 0 Å². The quantitative estimate of drug-likeness (QED) is 0.0297. The second-order valence-electron chi connectivity index (χ2n) is 14.1. The summed E-state index contributed by atoms with van der Waals surface area (Å²) in [6, 6.07) is 0. The standard InChI is InChI=1S/C42H74O10/c1-3-5-7-9-11-13-15-17-18-19-21-22-24-26-28-30-37(44)49-33-35(34-50-42-41(48)40(47)39(46)36(32-43)52-42)51-38(45)31-29-27-25-23-20-16-14-12-10-8-6-4-2/h12,14,17-18,21-22,35-36,39-43,46-48H,3-11,13,15-16,19-20,23-34H2,1-2H3/b14-12+,18-17+,22-21+/t35-,36-,39+,40?,41?,42-/m0/s1. The van der Waals surface area contributed by atoms with Crippen molar-refractivity contribution in [1.29, 1.82) is 0 Å². The largest absolute Gasteiger partial charge is 0.462 e. The minimum Gasteiger partial charge on any atom is -0.462 e. The van der Waals surface area contributed by atoms with Crippen LogP contribution in [0.3, 0.4) is 0 Å². The van der Waals surface area contributed by atoms with Crippen molar-refractivity contribution in [3.8, 4) is 0 Å². The number of aliphatic hydroxyl groups excluding tert-OH is 4. The highest BCUT2D eigenvalue weighted by molar-refractivity contribution is 5.70. The molecule has 0 aromatic carbocycles. The lowest BCUT2D eigenvalue weighted by Crippen LogP contribution is -2.59. The fourth-order valence-electron chi connectivity index (χ4n) is 5.92. The van der Waals surface area contributed by atoms with Crippen molar-refractivity contribution in [2.45, 2.75) is 198 Å². The monoisotopic (exact) mass is 739 g/mol. The van der Waals surface area contributed by atoms with E-state index < -0.39 is 55.4 Å². The number of unbranched alkanes of at least 4 members (excludes halogenated alkanes) is 16. The number of ether oxygens (including phenoxy) is 4. The third kappa shape index (κ3) is 25.0. The van der Waals surface area contributed by atoms with Crippen LogP contribution in [0.1, 0.15) is 162 Å². The van der Waals surface area contributed by atoms with Crippen LogP contribution in [0.25, 0.3) is 0 Å². The summed E-state index contributed by atoms with van der Waals surface area (Å²) in [5, 5.41) is 39.9. The summed E-state index contributed by atoms with van der Waals surface area (Å²) >= 11 is 0. The molecular weight excluding hydrogens is 664 g/mol. The Morgan fingerprint density at radius 1 is 0.596 bits per heavy atom. The molecule has 0 aliphatic carbocycles. The number of carbonyl (C=O) groups excluding carboxylic acids is 2. The van der Waals surface area contributed by atoms with Gasteiger partial charge in [-0.2, -0.15) is 0 Å². The van der Waals surface area contributed by atoms with E-state index in [1.165, 1.54) is 57.8 Å². The van der Waals surface area contributed by atoms with Crippen molar-refractivity contribution in [1.82, 2.24) is 0 Å². The Morgan fingerprint density at radius 3 is 1.69 bits per heavy atom. The molecule has 10 heteroatoms. The average molecular weight is 739 g/mol. The molecule has 1 heterocycles. The SMILES string of the molecule is CCCCC/C=C/CCCCCCCC(=O)O[C@@H](COC(=O)CCCC/C=C/C/C=C/CCCCCCCC)CO[C@H]1O[C@@H](CO)[C@@H](O)C(O)C1O. The highest BCUT2D eigenvalue weighted by atomic mass is 16.7. The maximum absolute atomic E-state index is 12.7. The van der Waals surface area contributed by atoms with Gasteiger partial charge in [0.15, 0.2) is 12.4 Å². The molecular formula is C42H74O10. The third-order valence-corrected chi connectivity index (χ3v) is 9.25. The summed E-state index contributed by atoms with van der Waals surface area (Å²) in [7, 11) is 0. The summed E-state index contributed by atoms with van der Waals surface area (Å²) in [6.45, 7) is 3.33. The number of hydrogen-bond donors (Lipinski definition) is 4. The summed E-state index contributed by atoms with van der Waals surface area (Å²) in [5.74, 6) is -0.858.